The number of fused-ring (bicyclic) bond motifs is 1. The zero-order valence-corrected chi connectivity index (χ0v) is 19.4. The third kappa shape index (κ3) is 5.65. The van der Waals surface area contributed by atoms with E-state index in [1.165, 1.54) is 12.1 Å². The number of aryl methyl sites for hydroxylation is 1. The van der Waals surface area contributed by atoms with Crippen molar-refractivity contribution in [2.45, 2.75) is 19.9 Å². The number of amides is 1. The number of nitrogens with zero attached hydrogens (tertiary/aromatic N) is 1. The molecule has 3 aromatic carbocycles. The number of ether oxygens (including phenoxy) is 1. The minimum absolute atomic E-state index is 0.0971. The van der Waals surface area contributed by atoms with Crippen LogP contribution in [0.25, 0.3) is 10.8 Å². The monoisotopic (exact) mass is 474 g/mol. The highest BCUT2D eigenvalue weighted by Gasteiger charge is 2.12. The number of benzene rings is 3. The molecule has 0 aliphatic heterocycles. The fourth-order valence-corrected chi connectivity index (χ4v) is 3.77. The summed E-state index contributed by atoms with van der Waals surface area (Å²) in [5.41, 5.74) is 3.10. The first kappa shape index (κ1) is 23.1. The fourth-order valence-electron chi connectivity index (χ4n) is 3.48. The molecule has 1 atom stereocenters. The number of hydrogen-bond acceptors (Lipinski definition) is 4. The minimum atomic E-state index is -0.627. The normalized spacial score (nSPS) is 11.5. The molecule has 4 rings (SSSR count). The van der Waals surface area contributed by atoms with Crippen molar-refractivity contribution in [2.24, 2.45) is 0 Å². The van der Waals surface area contributed by atoms with Gasteiger partial charge in [-0.3, -0.25) is 5.32 Å². The van der Waals surface area contributed by atoms with E-state index < -0.39 is 6.09 Å². The van der Waals surface area contributed by atoms with E-state index in [0.29, 0.717) is 10.8 Å². The van der Waals surface area contributed by atoms with E-state index in [4.69, 9.17) is 17.0 Å². The van der Waals surface area contributed by atoms with Gasteiger partial charge in [-0.25, -0.2) is 14.2 Å². The lowest BCUT2D eigenvalue weighted by molar-refractivity contribution is 0.214. The molecule has 0 radical (unpaired) electrons. The van der Waals surface area contributed by atoms with Gasteiger partial charge in [-0.05, 0) is 85.0 Å². The molecule has 0 aliphatic carbocycles. The summed E-state index contributed by atoms with van der Waals surface area (Å²) >= 11 is 5.40. The number of rotatable bonds is 5. The van der Waals surface area contributed by atoms with Crippen molar-refractivity contribution < 1.29 is 13.9 Å². The number of hydrogen-bond donors (Lipinski definition) is 3. The summed E-state index contributed by atoms with van der Waals surface area (Å²) in [4.78, 5) is 16.6. The molecular weight excluding hydrogens is 451 g/mol. The van der Waals surface area contributed by atoms with Gasteiger partial charge >= 0.3 is 6.09 Å². The number of carbonyl (C=O) groups is 1. The molecule has 0 bridgehead atoms. The smallest absolute Gasteiger partial charge is 0.390 e. The van der Waals surface area contributed by atoms with E-state index >= 15 is 0 Å². The molecule has 1 aromatic heterocycles. The van der Waals surface area contributed by atoms with Gasteiger partial charge in [-0.1, -0.05) is 30.3 Å². The molecule has 4 aromatic rings. The van der Waals surface area contributed by atoms with Crippen LogP contribution >= 0.6 is 12.2 Å². The highest BCUT2D eigenvalue weighted by atomic mass is 32.1. The first-order valence-corrected chi connectivity index (χ1v) is 11.1. The summed E-state index contributed by atoms with van der Waals surface area (Å²) in [6.45, 7) is 3.81. The van der Waals surface area contributed by atoms with Gasteiger partial charge in [0.05, 0.1) is 6.04 Å². The van der Waals surface area contributed by atoms with Gasteiger partial charge in [-0.2, -0.15) is 0 Å². The highest BCUT2D eigenvalue weighted by molar-refractivity contribution is 7.80. The van der Waals surface area contributed by atoms with Crippen molar-refractivity contribution in [1.82, 2.24) is 10.3 Å². The number of pyridine rings is 1. The lowest BCUT2D eigenvalue weighted by Crippen LogP contribution is -2.30. The van der Waals surface area contributed by atoms with Crippen LogP contribution in [-0.4, -0.2) is 16.2 Å². The maximum Gasteiger partial charge on any atom is 0.418 e. The largest absolute Gasteiger partial charge is 0.418 e. The maximum atomic E-state index is 13.1. The molecule has 0 spiro atoms. The van der Waals surface area contributed by atoms with E-state index in [1.807, 2.05) is 50.2 Å². The zero-order chi connectivity index (χ0) is 24.1. The van der Waals surface area contributed by atoms with Gasteiger partial charge in [0.1, 0.15) is 5.82 Å². The molecule has 34 heavy (non-hydrogen) atoms. The Kier molecular flexibility index (Phi) is 6.98. The number of nitrogens with one attached hydrogen (secondary N) is 3. The molecule has 1 amide bonds. The number of anilines is 2. The van der Waals surface area contributed by atoms with Crippen molar-refractivity contribution in [3.63, 3.8) is 0 Å². The van der Waals surface area contributed by atoms with E-state index in [9.17, 15) is 9.18 Å². The summed E-state index contributed by atoms with van der Waals surface area (Å²) in [7, 11) is 0. The molecule has 0 fully saturated rings. The number of aromatic nitrogens is 1. The molecule has 0 saturated carbocycles. The quantitative estimate of drug-likeness (QED) is 0.293. The molecule has 1 heterocycles. The van der Waals surface area contributed by atoms with E-state index in [2.05, 4.69) is 20.9 Å². The van der Waals surface area contributed by atoms with Crippen LogP contribution in [0.2, 0.25) is 0 Å². The van der Waals surface area contributed by atoms with E-state index in [0.717, 1.165) is 27.6 Å². The van der Waals surface area contributed by atoms with Crippen LogP contribution < -0.4 is 20.7 Å². The van der Waals surface area contributed by atoms with Crippen molar-refractivity contribution >= 4 is 45.6 Å². The molecule has 0 aliphatic rings. The predicted molar refractivity (Wildman–Crippen MR) is 137 cm³/mol. The topological polar surface area (TPSA) is 75.3 Å². The number of halogens is 1. The van der Waals surface area contributed by atoms with Gasteiger partial charge in [-0.15, -0.1) is 0 Å². The number of thiocarbonyl (C=S) groups is 1. The minimum Gasteiger partial charge on any atom is -0.390 e. The Balaban J connectivity index is 1.36. The molecule has 0 saturated heterocycles. The van der Waals surface area contributed by atoms with Crippen LogP contribution in [0.4, 0.5) is 20.6 Å². The van der Waals surface area contributed by atoms with Crippen LogP contribution in [-0.2, 0) is 0 Å². The van der Waals surface area contributed by atoms with Crippen LogP contribution in [0.15, 0.2) is 79.0 Å². The SMILES string of the molecule is Cc1cc(NC(=S)NC(C)c2ccc(F)cc2)ccc1NC(=O)Oc1nccc2ccccc12. The standard InChI is InChI=1S/C26H23FN4O2S/c1-16-15-21(30-25(34)29-17(2)18-7-9-20(27)10-8-18)11-12-23(16)31-26(32)33-24-22-6-4-3-5-19(22)13-14-28-24/h3-15,17H,1-2H3,(H,31,32)(H2,29,30,34). The predicted octanol–water partition coefficient (Wildman–Crippen LogP) is 6.34. The Morgan fingerprint density at radius 3 is 2.56 bits per heavy atom. The highest BCUT2D eigenvalue weighted by Crippen LogP contribution is 2.24. The Bertz CT molecular complexity index is 1340. The summed E-state index contributed by atoms with van der Waals surface area (Å²) in [5, 5.41) is 11.2. The first-order chi connectivity index (χ1) is 16.4. The third-order valence-corrected chi connectivity index (χ3v) is 5.48. The van der Waals surface area contributed by atoms with E-state index in [1.54, 1.807) is 30.5 Å². The maximum absolute atomic E-state index is 13.1. The van der Waals surface area contributed by atoms with Crippen LogP contribution in [0.5, 0.6) is 5.88 Å². The second kappa shape index (κ2) is 10.3. The second-order valence-corrected chi connectivity index (χ2v) is 8.16. The average molecular weight is 475 g/mol. The van der Waals surface area contributed by atoms with Gasteiger partial charge in [0.15, 0.2) is 5.11 Å². The zero-order valence-electron chi connectivity index (χ0n) is 18.6. The van der Waals surface area contributed by atoms with Crippen molar-refractivity contribution in [2.75, 3.05) is 10.6 Å². The fraction of sp³-hybridized carbons (Fsp3) is 0.115. The Labute approximate surface area is 202 Å². The molecule has 6 nitrogen and oxygen atoms in total. The summed E-state index contributed by atoms with van der Waals surface area (Å²) in [5.74, 6) is -0.0312. The molecular formula is C26H23FN4O2S. The summed E-state index contributed by atoms with van der Waals surface area (Å²) < 4.78 is 18.6. The first-order valence-electron chi connectivity index (χ1n) is 10.7. The molecule has 3 N–H and O–H groups in total. The van der Waals surface area contributed by atoms with Crippen molar-refractivity contribution in [1.29, 1.82) is 0 Å². The second-order valence-electron chi connectivity index (χ2n) is 7.75. The van der Waals surface area contributed by atoms with Crippen LogP contribution in [0.3, 0.4) is 0 Å². The summed E-state index contributed by atoms with van der Waals surface area (Å²) in [6, 6.07) is 21.0. The lowest BCUT2D eigenvalue weighted by Gasteiger charge is -2.18. The number of carbonyl (C=O) groups excluding carboxylic acids is 1. The molecule has 172 valence electrons. The Morgan fingerprint density at radius 2 is 1.79 bits per heavy atom. The lowest BCUT2D eigenvalue weighted by atomic mass is 10.1. The summed E-state index contributed by atoms with van der Waals surface area (Å²) in [6.07, 6.45) is 0.975. The van der Waals surface area contributed by atoms with Gasteiger partial charge < -0.3 is 15.4 Å². The van der Waals surface area contributed by atoms with Gasteiger partial charge in [0.25, 0.3) is 0 Å². The molecule has 8 heteroatoms. The van der Waals surface area contributed by atoms with Crippen LogP contribution in [0, 0.1) is 12.7 Å². The van der Waals surface area contributed by atoms with Crippen LogP contribution in [0.1, 0.15) is 24.1 Å². The Morgan fingerprint density at radius 1 is 1.03 bits per heavy atom. The third-order valence-electron chi connectivity index (χ3n) is 5.27. The van der Waals surface area contributed by atoms with Gasteiger partial charge in [0, 0.05) is 23.0 Å². The van der Waals surface area contributed by atoms with Crippen molar-refractivity contribution in [3.05, 3.63) is 95.9 Å². The van der Waals surface area contributed by atoms with Crippen molar-refractivity contribution in [3.8, 4) is 5.88 Å². The Hall–Kier alpha value is -4.04. The van der Waals surface area contributed by atoms with Gasteiger partial charge in [0.2, 0.25) is 5.88 Å². The molecule has 1 unspecified atom stereocenters. The van der Waals surface area contributed by atoms with E-state index in [-0.39, 0.29) is 17.7 Å². The average Bonchev–Trinajstić information content (AvgIpc) is 2.81.